The minimum Gasteiger partial charge on any atom is -0.326 e. The molecule has 2 N–H and O–H groups in total. The van der Waals surface area contributed by atoms with Gasteiger partial charge in [-0.05, 0) is 55.3 Å². The normalized spacial score (nSPS) is 11.1. The molecule has 0 aliphatic rings. The highest BCUT2D eigenvalue weighted by molar-refractivity contribution is 9.10. The number of aryl methyl sites for hydroxylation is 2. The van der Waals surface area contributed by atoms with E-state index in [1.807, 2.05) is 13.0 Å². The van der Waals surface area contributed by atoms with Crippen molar-refractivity contribution in [3.8, 4) is 0 Å². The SMILES string of the molecule is CC(=O)Nc1ccc(NS(=O)(=O)c2cc(Br)c(C)cc2C)cc1. The molecule has 0 heterocycles. The summed E-state index contributed by atoms with van der Waals surface area (Å²) in [5.74, 6) is -0.182. The Hall–Kier alpha value is -1.86. The van der Waals surface area contributed by atoms with Crippen LogP contribution in [0.15, 0.2) is 45.8 Å². The van der Waals surface area contributed by atoms with Gasteiger partial charge in [-0.25, -0.2) is 8.42 Å². The Morgan fingerprint density at radius 1 is 1.00 bits per heavy atom. The van der Waals surface area contributed by atoms with Gasteiger partial charge in [-0.2, -0.15) is 0 Å². The Morgan fingerprint density at radius 2 is 1.57 bits per heavy atom. The van der Waals surface area contributed by atoms with Crippen molar-refractivity contribution >= 4 is 43.2 Å². The zero-order valence-corrected chi connectivity index (χ0v) is 15.4. The van der Waals surface area contributed by atoms with Gasteiger partial charge in [-0.15, -0.1) is 0 Å². The highest BCUT2D eigenvalue weighted by atomic mass is 79.9. The molecule has 23 heavy (non-hydrogen) atoms. The van der Waals surface area contributed by atoms with E-state index < -0.39 is 10.0 Å². The molecule has 1 amide bonds. The smallest absolute Gasteiger partial charge is 0.262 e. The summed E-state index contributed by atoms with van der Waals surface area (Å²) in [5, 5.41) is 2.63. The molecule has 0 bridgehead atoms. The van der Waals surface area contributed by atoms with E-state index in [0.717, 1.165) is 10.0 Å². The Labute approximate surface area is 144 Å². The second-order valence-electron chi connectivity index (χ2n) is 5.23. The monoisotopic (exact) mass is 396 g/mol. The maximum atomic E-state index is 12.5. The number of anilines is 2. The second-order valence-corrected chi connectivity index (χ2v) is 7.74. The van der Waals surface area contributed by atoms with Crippen LogP contribution < -0.4 is 10.0 Å². The highest BCUT2D eigenvalue weighted by Crippen LogP contribution is 2.26. The molecule has 2 rings (SSSR count). The Balaban J connectivity index is 2.28. The van der Waals surface area contributed by atoms with E-state index in [1.54, 1.807) is 37.3 Å². The molecule has 0 aliphatic heterocycles. The van der Waals surface area contributed by atoms with Gasteiger partial charge in [0.1, 0.15) is 0 Å². The van der Waals surface area contributed by atoms with Crippen LogP contribution in [-0.2, 0) is 14.8 Å². The topological polar surface area (TPSA) is 75.3 Å². The number of hydrogen-bond acceptors (Lipinski definition) is 3. The van der Waals surface area contributed by atoms with E-state index >= 15 is 0 Å². The van der Waals surface area contributed by atoms with Crippen molar-refractivity contribution in [2.45, 2.75) is 25.7 Å². The molecule has 2 aromatic rings. The van der Waals surface area contributed by atoms with Crippen LogP contribution in [0.25, 0.3) is 0 Å². The number of nitrogens with one attached hydrogen (secondary N) is 2. The lowest BCUT2D eigenvalue weighted by Gasteiger charge is -2.12. The average molecular weight is 397 g/mol. The van der Waals surface area contributed by atoms with E-state index in [0.29, 0.717) is 16.9 Å². The van der Waals surface area contributed by atoms with Crippen molar-refractivity contribution in [2.24, 2.45) is 0 Å². The highest BCUT2D eigenvalue weighted by Gasteiger charge is 2.18. The molecule has 0 atom stereocenters. The fraction of sp³-hybridized carbons (Fsp3) is 0.188. The molecule has 0 unspecified atom stereocenters. The summed E-state index contributed by atoms with van der Waals surface area (Å²) in [6, 6.07) is 9.88. The lowest BCUT2D eigenvalue weighted by atomic mass is 10.2. The Morgan fingerprint density at radius 3 is 2.13 bits per heavy atom. The fourth-order valence-electron chi connectivity index (χ4n) is 2.13. The van der Waals surface area contributed by atoms with Crippen LogP contribution in [0, 0.1) is 13.8 Å². The van der Waals surface area contributed by atoms with Gasteiger partial charge >= 0.3 is 0 Å². The molecule has 0 saturated carbocycles. The average Bonchev–Trinajstić information content (AvgIpc) is 2.44. The zero-order chi connectivity index (χ0) is 17.2. The van der Waals surface area contributed by atoms with Crippen LogP contribution in [-0.4, -0.2) is 14.3 Å². The molecule has 122 valence electrons. The Bertz CT molecular complexity index is 846. The molecule has 2 aromatic carbocycles. The van der Waals surface area contributed by atoms with Gasteiger partial charge in [0, 0.05) is 22.8 Å². The van der Waals surface area contributed by atoms with Crippen molar-refractivity contribution in [2.75, 3.05) is 10.0 Å². The number of sulfonamides is 1. The number of carbonyl (C=O) groups is 1. The van der Waals surface area contributed by atoms with E-state index in [-0.39, 0.29) is 10.8 Å². The lowest BCUT2D eigenvalue weighted by Crippen LogP contribution is -2.14. The summed E-state index contributed by atoms with van der Waals surface area (Å²) < 4.78 is 28.4. The van der Waals surface area contributed by atoms with E-state index in [1.165, 1.54) is 6.92 Å². The number of amides is 1. The van der Waals surface area contributed by atoms with Crippen molar-refractivity contribution in [1.82, 2.24) is 0 Å². The van der Waals surface area contributed by atoms with Crippen LogP contribution in [0.2, 0.25) is 0 Å². The maximum absolute atomic E-state index is 12.5. The molecule has 7 heteroatoms. The standard InChI is InChI=1S/C16H17BrN2O3S/c1-10-8-11(2)16(9-15(10)17)23(21,22)19-14-6-4-13(5-7-14)18-12(3)20/h4-9,19H,1-3H3,(H,18,20). The summed E-state index contributed by atoms with van der Waals surface area (Å²) in [6.45, 7) is 5.07. The van der Waals surface area contributed by atoms with Gasteiger partial charge in [-0.3, -0.25) is 9.52 Å². The van der Waals surface area contributed by atoms with E-state index in [9.17, 15) is 13.2 Å². The summed E-state index contributed by atoms with van der Waals surface area (Å²) in [5.41, 5.74) is 2.68. The number of rotatable bonds is 4. The number of halogens is 1. The number of benzene rings is 2. The fourth-order valence-corrected chi connectivity index (χ4v) is 3.94. The van der Waals surface area contributed by atoms with Gasteiger partial charge < -0.3 is 5.32 Å². The maximum Gasteiger partial charge on any atom is 0.262 e. The van der Waals surface area contributed by atoms with Crippen LogP contribution in [0.5, 0.6) is 0 Å². The minimum atomic E-state index is -3.69. The molecule has 0 fully saturated rings. The third-order valence-corrected chi connectivity index (χ3v) is 5.58. The molecule has 0 spiro atoms. The van der Waals surface area contributed by atoms with Gasteiger partial charge in [0.05, 0.1) is 4.90 Å². The molecule has 5 nitrogen and oxygen atoms in total. The third-order valence-electron chi connectivity index (χ3n) is 3.20. The minimum absolute atomic E-state index is 0.182. The van der Waals surface area contributed by atoms with Crippen LogP contribution in [0.3, 0.4) is 0 Å². The summed E-state index contributed by atoms with van der Waals surface area (Å²) in [4.78, 5) is 11.2. The first-order valence-electron chi connectivity index (χ1n) is 6.86. The van der Waals surface area contributed by atoms with Crippen molar-refractivity contribution < 1.29 is 13.2 Å². The quantitative estimate of drug-likeness (QED) is 0.824. The molecule has 0 aromatic heterocycles. The number of hydrogen-bond donors (Lipinski definition) is 2. The molecular formula is C16H17BrN2O3S. The van der Waals surface area contributed by atoms with Crippen LogP contribution >= 0.6 is 15.9 Å². The largest absolute Gasteiger partial charge is 0.326 e. The van der Waals surface area contributed by atoms with Crippen LogP contribution in [0.1, 0.15) is 18.1 Å². The molecule has 0 saturated heterocycles. The number of carbonyl (C=O) groups excluding carboxylic acids is 1. The zero-order valence-electron chi connectivity index (χ0n) is 13.0. The van der Waals surface area contributed by atoms with Gasteiger partial charge in [-0.1, -0.05) is 22.0 Å². The first-order chi connectivity index (χ1) is 10.7. The summed E-state index contributed by atoms with van der Waals surface area (Å²) in [6.07, 6.45) is 0. The van der Waals surface area contributed by atoms with E-state index in [4.69, 9.17) is 0 Å². The lowest BCUT2D eigenvalue weighted by molar-refractivity contribution is -0.114. The van der Waals surface area contributed by atoms with Crippen molar-refractivity contribution in [1.29, 1.82) is 0 Å². The first kappa shape index (κ1) is 17.5. The molecule has 0 radical (unpaired) electrons. The second kappa shape index (κ2) is 6.72. The van der Waals surface area contributed by atoms with Gasteiger partial charge in [0.15, 0.2) is 0 Å². The summed E-state index contributed by atoms with van der Waals surface area (Å²) in [7, 11) is -3.69. The van der Waals surface area contributed by atoms with Gasteiger partial charge in [0.25, 0.3) is 10.0 Å². The van der Waals surface area contributed by atoms with Crippen molar-refractivity contribution in [3.05, 3.63) is 52.0 Å². The molecule has 0 aliphatic carbocycles. The van der Waals surface area contributed by atoms with Crippen LogP contribution in [0.4, 0.5) is 11.4 Å². The van der Waals surface area contributed by atoms with E-state index in [2.05, 4.69) is 26.0 Å². The van der Waals surface area contributed by atoms with Crippen molar-refractivity contribution in [3.63, 3.8) is 0 Å². The third kappa shape index (κ3) is 4.33. The first-order valence-corrected chi connectivity index (χ1v) is 9.14. The summed E-state index contributed by atoms with van der Waals surface area (Å²) >= 11 is 3.36. The molecular weight excluding hydrogens is 380 g/mol. The Kier molecular flexibility index (Phi) is 5.11. The predicted molar refractivity (Wildman–Crippen MR) is 95.2 cm³/mol. The van der Waals surface area contributed by atoms with Gasteiger partial charge in [0.2, 0.25) is 5.91 Å². The predicted octanol–water partition coefficient (Wildman–Crippen LogP) is 3.83.